The number of para-hydroxylation sites is 2. The molecule has 0 N–H and O–H groups in total. The fourth-order valence-electron chi connectivity index (χ4n) is 5.42. The molecule has 0 unspecified atom stereocenters. The van der Waals surface area contributed by atoms with Gasteiger partial charge in [-0.1, -0.05) is 111 Å². The first-order valence-corrected chi connectivity index (χ1v) is 16.3. The van der Waals surface area contributed by atoms with E-state index in [2.05, 4.69) is 91.8 Å². The Balaban J connectivity index is 2.03. The van der Waals surface area contributed by atoms with E-state index in [0.29, 0.717) is 23.7 Å². The van der Waals surface area contributed by atoms with E-state index in [4.69, 9.17) is 13.6 Å². The second-order valence-electron chi connectivity index (χ2n) is 13.0. The van der Waals surface area contributed by atoms with Gasteiger partial charge in [0.05, 0.1) is 6.10 Å². The van der Waals surface area contributed by atoms with Crippen molar-refractivity contribution < 1.29 is 13.6 Å². The first-order chi connectivity index (χ1) is 18.1. The molecule has 3 nitrogen and oxygen atoms in total. The van der Waals surface area contributed by atoms with Gasteiger partial charge in [-0.15, -0.1) is 0 Å². The topological polar surface area (TPSA) is 27.7 Å². The lowest BCUT2D eigenvalue weighted by atomic mass is 9.95. The molecule has 212 valence electrons. The third-order valence-electron chi connectivity index (χ3n) is 6.99. The van der Waals surface area contributed by atoms with Crippen LogP contribution in [0.1, 0.15) is 110 Å². The average molecular weight is 541 g/mol. The summed E-state index contributed by atoms with van der Waals surface area (Å²) in [5, 5.41) is 0. The molecule has 0 spiro atoms. The van der Waals surface area contributed by atoms with E-state index in [0.717, 1.165) is 50.0 Å². The zero-order valence-electron chi connectivity index (χ0n) is 25.4. The molecule has 0 atom stereocenters. The van der Waals surface area contributed by atoms with Crippen LogP contribution in [0.3, 0.4) is 0 Å². The van der Waals surface area contributed by atoms with Crippen LogP contribution in [-0.2, 0) is 30.2 Å². The lowest BCUT2D eigenvalue weighted by Crippen LogP contribution is -2.18. The second kappa shape index (κ2) is 15.3. The molecule has 1 saturated carbocycles. The highest BCUT2D eigenvalue weighted by molar-refractivity contribution is 7.42. The summed E-state index contributed by atoms with van der Waals surface area (Å²) in [7, 11) is -1.60. The minimum Gasteiger partial charge on any atom is -0.417 e. The third-order valence-corrected chi connectivity index (χ3v) is 8.12. The predicted octanol–water partition coefficient (Wildman–Crippen LogP) is 10.5. The smallest absolute Gasteiger partial charge is 0.417 e. The van der Waals surface area contributed by atoms with E-state index in [1.807, 2.05) is 0 Å². The summed E-state index contributed by atoms with van der Waals surface area (Å²) < 4.78 is 20.6. The van der Waals surface area contributed by atoms with Crippen LogP contribution in [0.15, 0.2) is 36.4 Å². The van der Waals surface area contributed by atoms with Crippen molar-refractivity contribution in [1.29, 1.82) is 0 Å². The van der Waals surface area contributed by atoms with Crippen molar-refractivity contribution in [3.05, 3.63) is 58.7 Å². The van der Waals surface area contributed by atoms with Crippen LogP contribution in [-0.4, -0.2) is 6.10 Å². The molecule has 1 aliphatic rings. The third kappa shape index (κ3) is 9.87. The van der Waals surface area contributed by atoms with Crippen molar-refractivity contribution >= 4 is 8.60 Å². The van der Waals surface area contributed by atoms with Crippen LogP contribution in [0.2, 0.25) is 0 Å². The molecule has 1 aliphatic carbocycles. The van der Waals surface area contributed by atoms with E-state index < -0.39 is 8.60 Å². The van der Waals surface area contributed by atoms with Crippen molar-refractivity contribution in [2.24, 2.45) is 23.7 Å². The minimum absolute atomic E-state index is 0.200. The summed E-state index contributed by atoms with van der Waals surface area (Å²) in [5.74, 6) is 4.15. The molecule has 0 heterocycles. The molecule has 2 aromatic carbocycles. The minimum atomic E-state index is -1.60. The molecule has 1 fully saturated rings. The molecule has 0 saturated heterocycles. The molecule has 3 rings (SSSR count). The van der Waals surface area contributed by atoms with Crippen molar-refractivity contribution in [3.8, 4) is 11.5 Å². The van der Waals surface area contributed by atoms with Gasteiger partial charge in [-0.05, 0) is 84.5 Å². The van der Waals surface area contributed by atoms with Crippen LogP contribution < -0.4 is 9.05 Å². The normalized spacial score (nSPS) is 14.9. The molecule has 2 aromatic rings. The first-order valence-electron chi connectivity index (χ1n) is 15.2. The summed E-state index contributed by atoms with van der Waals surface area (Å²) in [6.07, 6.45) is 10.0. The molecule has 0 aliphatic heterocycles. The largest absolute Gasteiger partial charge is 0.463 e. The molecule has 4 heteroatoms. The van der Waals surface area contributed by atoms with Gasteiger partial charge in [-0.25, -0.2) is 0 Å². The second-order valence-corrected chi connectivity index (χ2v) is 14.0. The van der Waals surface area contributed by atoms with Crippen molar-refractivity contribution in [3.63, 3.8) is 0 Å². The van der Waals surface area contributed by atoms with E-state index >= 15 is 0 Å². The highest BCUT2D eigenvalue weighted by Crippen LogP contribution is 2.49. The number of hydrogen-bond acceptors (Lipinski definition) is 3. The van der Waals surface area contributed by atoms with Crippen LogP contribution in [0.4, 0.5) is 0 Å². The number of hydrogen-bond donors (Lipinski definition) is 0. The fourth-order valence-corrected chi connectivity index (χ4v) is 6.76. The molecular weight excluding hydrogens is 487 g/mol. The zero-order valence-corrected chi connectivity index (χ0v) is 26.3. The van der Waals surface area contributed by atoms with Crippen LogP contribution >= 0.6 is 8.60 Å². The van der Waals surface area contributed by atoms with Gasteiger partial charge in [-0.2, -0.15) is 0 Å². The predicted molar refractivity (Wildman–Crippen MR) is 163 cm³/mol. The monoisotopic (exact) mass is 540 g/mol. The summed E-state index contributed by atoms with van der Waals surface area (Å²) in [4.78, 5) is 0. The Morgan fingerprint density at radius 2 is 0.921 bits per heavy atom. The molecule has 0 aromatic heterocycles. The molecular formula is C34H53O3P. The van der Waals surface area contributed by atoms with Gasteiger partial charge in [0.1, 0.15) is 11.5 Å². The zero-order chi connectivity index (χ0) is 27.7. The van der Waals surface area contributed by atoms with E-state index in [9.17, 15) is 0 Å². The molecule has 0 bridgehead atoms. The van der Waals surface area contributed by atoms with Crippen LogP contribution in [0.25, 0.3) is 0 Å². The summed E-state index contributed by atoms with van der Waals surface area (Å²) >= 11 is 0. The van der Waals surface area contributed by atoms with Gasteiger partial charge in [0.2, 0.25) is 0 Å². The Morgan fingerprint density at radius 3 is 1.24 bits per heavy atom. The van der Waals surface area contributed by atoms with E-state index in [1.165, 1.54) is 41.5 Å². The van der Waals surface area contributed by atoms with Crippen molar-refractivity contribution in [2.75, 3.05) is 0 Å². The fraction of sp³-hybridized carbons (Fsp3) is 0.647. The van der Waals surface area contributed by atoms with Gasteiger partial charge in [0.25, 0.3) is 0 Å². The Hall–Kier alpha value is -1.57. The van der Waals surface area contributed by atoms with E-state index in [1.54, 1.807) is 0 Å². The number of benzene rings is 2. The lowest BCUT2D eigenvalue weighted by Gasteiger charge is -2.29. The Bertz CT molecular complexity index is 850. The first kappa shape index (κ1) is 31.0. The quantitative estimate of drug-likeness (QED) is 0.223. The molecule has 0 amide bonds. The summed E-state index contributed by atoms with van der Waals surface area (Å²) in [6, 6.07) is 13.3. The molecule has 38 heavy (non-hydrogen) atoms. The maximum Gasteiger partial charge on any atom is 0.463 e. The van der Waals surface area contributed by atoms with Crippen molar-refractivity contribution in [1.82, 2.24) is 0 Å². The van der Waals surface area contributed by atoms with Crippen molar-refractivity contribution in [2.45, 2.75) is 119 Å². The summed E-state index contributed by atoms with van der Waals surface area (Å²) in [5.41, 5.74) is 5.05. The molecule has 0 radical (unpaired) electrons. The van der Waals surface area contributed by atoms with E-state index in [-0.39, 0.29) is 6.10 Å². The SMILES string of the molecule is CC(C)Cc1cccc(CC(C)C)c1OP(Oc1c(CC(C)C)cccc1CC(C)C)OC1CCCCC1. The van der Waals surface area contributed by atoms with Crippen LogP contribution in [0, 0.1) is 23.7 Å². The van der Waals surface area contributed by atoms with Gasteiger partial charge >= 0.3 is 8.60 Å². The Labute approximate surface area is 235 Å². The summed E-state index contributed by atoms with van der Waals surface area (Å²) in [6.45, 7) is 18.2. The highest BCUT2D eigenvalue weighted by Gasteiger charge is 2.29. The van der Waals surface area contributed by atoms with Gasteiger partial charge < -0.3 is 9.05 Å². The van der Waals surface area contributed by atoms with Gasteiger partial charge in [0, 0.05) is 0 Å². The maximum absolute atomic E-state index is 6.93. The Kier molecular flexibility index (Phi) is 12.4. The lowest BCUT2D eigenvalue weighted by molar-refractivity contribution is 0.138. The average Bonchev–Trinajstić information content (AvgIpc) is 2.82. The van der Waals surface area contributed by atoms with Gasteiger partial charge in [0.15, 0.2) is 0 Å². The highest BCUT2D eigenvalue weighted by atomic mass is 31.2. The maximum atomic E-state index is 6.93. The van der Waals surface area contributed by atoms with Gasteiger partial charge in [-0.3, -0.25) is 4.52 Å². The Morgan fingerprint density at radius 1 is 0.579 bits per heavy atom. The van der Waals surface area contributed by atoms with Crippen LogP contribution in [0.5, 0.6) is 11.5 Å². The standard InChI is InChI=1S/C34H53O3P/c1-24(2)20-28-14-12-15-29(21-25(3)4)33(28)36-38(35-32-18-10-9-11-19-32)37-34-30(22-26(5)6)16-13-17-31(34)23-27(7)8/h12-17,24-27,32H,9-11,18-23H2,1-8H3. The number of rotatable bonds is 14.